The number of nitrogens with two attached hydrogens (primary N) is 1. The summed E-state index contributed by atoms with van der Waals surface area (Å²) < 4.78 is 41.2. The highest BCUT2D eigenvalue weighted by Gasteiger charge is 2.18. The second kappa shape index (κ2) is 7.55. The Bertz CT molecular complexity index is 1110. The molecule has 1 aromatic heterocycles. The van der Waals surface area contributed by atoms with Crippen LogP contribution in [0.5, 0.6) is 0 Å². The fourth-order valence-corrected chi connectivity index (χ4v) is 3.66. The first-order valence-corrected chi connectivity index (χ1v) is 9.68. The summed E-state index contributed by atoms with van der Waals surface area (Å²) in [6.45, 7) is 0.0447. The third-order valence-corrected chi connectivity index (χ3v) is 5.92. The van der Waals surface area contributed by atoms with E-state index in [1.807, 2.05) is 6.07 Å². The van der Waals surface area contributed by atoms with Crippen molar-refractivity contribution in [3.63, 3.8) is 0 Å². The largest absolute Gasteiger partial charge is 0.327 e. The molecule has 27 heavy (non-hydrogen) atoms. The normalized spacial score (nSPS) is 12.9. The Morgan fingerprint density at radius 1 is 1.26 bits per heavy atom. The standard InChI is InChI=1S/C18H20FN5O2S/c1-23(2)27(25,26)15-6-3-5-13(11-15)16-7-4-8-17-18(16)21-22-24(17)12-14(19)9-10-20/h3-9,11H,10,12,20H2,1-2H3/b14-9-. The number of allylic oxidation sites excluding steroid dienone is 1. The number of rotatable bonds is 6. The van der Waals surface area contributed by atoms with Gasteiger partial charge in [0.2, 0.25) is 10.0 Å². The monoisotopic (exact) mass is 389 g/mol. The van der Waals surface area contributed by atoms with Crippen LogP contribution < -0.4 is 5.73 Å². The van der Waals surface area contributed by atoms with Crippen LogP contribution in [0.1, 0.15) is 0 Å². The number of benzene rings is 2. The zero-order valence-corrected chi connectivity index (χ0v) is 15.8. The van der Waals surface area contributed by atoms with Crippen molar-refractivity contribution in [1.29, 1.82) is 0 Å². The van der Waals surface area contributed by atoms with Gasteiger partial charge in [-0.15, -0.1) is 5.10 Å². The second-order valence-corrected chi connectivity index (χ2v) is 8.27. The van der Waals surface area contributed by atoms with Gasteiger partial charge < -0.3 is 5.73 Å². The van der Waals surface area contributed by atoms with Gasteiger partial charge in [0.25, 0.3) is 0 Å². The van der Waals surface area contributed by atoms with Crippen molar-refractivity contribution in [2.75, 3.05) is 20.6 Å². The van der Waals surface area contributed by atoms with E-state index in [1.165, 1.54) is 24.9 Å². The second-order valence-electron chi connectivity index (χ2n) is 6.12. The van der Waals surface area contributed by atoms with E-state index in [9.17, 15) is 12.8 Å². The molecule has 0 saturated carbocycles. The molecular weight excluding hydrogens is 369 g/mol. The molecule has 0 fully saturated rings. The molecule has 2 aromatic carbocycles. The molecule has 0 spiro atoms. The molecule has 0 amide bonds. The molecule has 0 bridgehead atoms. The zero-order chi connectivity index (χ0) is 19.6. The molecule has 3 rings (SSSR count). The maximum Gasteiger partial charge on any atom is 0.242 e. The Morgan fingerprint density at radius 3 is 2.70 bits per heavy atom. The lowest BCUT2D eigenvalue weighted by atomic mass is 10.0. The SMILES string of the molecule is CN(C)S(=O)(=O)c1cccc(-c2cccc3c2nnn3C/C(F)=C/CN)c1. The van der Waals surface area contributed by atoms with E-state index in [2.05, 4.69) is 10.3 Å². The molecule has 0 aliphatic carbocycles. The third kappa shape index (κ3) is 3.75. The molecule has 7 nitrogen and oxygen atoms in total. The maximum absolute atomic E-state index is 13.8. The summed E-state index contributed by atoms with van der Waals surface area (Å²) >= 11 is 0. The van der Waals surface area contributed by atoms with Crippen molar-refractivity contribution in [3.05, 3.63) is 54.4 Å². The van der Waals surface area contributed by atoms with Crippen LogP contribution in [0.25, 0.3) is 22.2 Å². The van der Waals surface area contributed by atoms with Crippen molar-refractivity contribution in [2.24, 2.45) is 5.73 Å². The van der Waals surface area contributed by atoms with Crippen LogP contribution in [0.2, 0.25) is 0 Å². The van der Waals surface area contributed by atoms with Crippen molar-refractivity contribution in [2.45, 2.75) is 11.4 Å². The maximum atomic E-state index is 13.8. The first-order valence-electron chi connectivity index (χ1n) is 8.24. The summed E-state index contributed by atoms with van der Waals surface area (Å²) in [5, 5.41) is 8.18. The van der Waals surface area contributed by atoms with E-state index in [0.29, 0.717) is 16.6 Å². The van der Waals surface area contributed by atoms with Crippen LogP contribution in [0.4, 0.5) is 4.39 Å². The number of sulfonamides is 1. The fourth-order valence-electron chi connectivity index (χ4n) is 2.71. The predicted molar refractivity (Wildman–Crippen MR) is 102 cm³/mol. The van der Waals surface area contributed by atoms with Crippen molar-refractivity contribution in [1.82, 2.24) is 19.3 Å². The predicted octanol–water partition coefficient (Wildman–Crippen LogP) is 2.16. The summed E-state index contributed by atoms with van der Waals surface area (Å²) in [5.41, 5.74) is 7.95. The number of nitrogens with zero attached hydrogens (tertiary/aromatic N) is 4. The van der Waals surface area contributed by atoms with Crippen molar-refractivity contribution in [3.8, 4) is 11.1 Å². The molecule has 9 heteroatoms. The van der Waals surface area contributed by atoms with Crippen LogP contribution in [-0.4, -0.2) is 48.4 Å². The summed E-state index contributed by atoms with van der Waals surface area (Å²) in [6.07, 6.45) is 1.28. The number of hydrogen-bond acceptors (Lipinski definition) is 5. The van der Waals surface area contributed by atoms with E-state index in [1.54, 1.807) is 36.4 Å². The molecule has 2 N–H and O–H groups in total. The van der Waals surface area contributed by atoms with Gasteiger partial charge in [0.05, 0.1) is 17.0 Å². The Morgan fingerprint density at radius 2 is 2.00 bits per heavy atom. The number of aromatic nitrogens is 3. The first kappa shape index (κ1) is 19.2. The Balaban J connectivity index is 2.09. The Kier molecular flexibility index (Phi) is 5.36. The highest BCUT2D eigenvalue weighted by molar-refractivity contribution is 7.89. The minimum Gasteiger partial charge on any atom is -0.327 e. The summed E-state index contributed by atoms with van der Waals surface area (Å²) in [5.74, 6) is -0.395. The lowest BCUT2D eigenvalue weighted by molar-refractivity contribution is 0.520. The fraction of sp³-hybridized carbons (Fsp3) is 0.222. The van der Waals surface area contributed by atoms with Crippen molar-refractivity contribution >= 4 is 21.1 Å². The smallest absolute Gasteiger partial charge is 0.242 e. The zero-order valence-electron chi connectivity index (χ0n) is 15.0. The Labute approximate surface area is 156 Å². The minimum atomic E-state index is -3.55. The van der Waals surface area contributed by atoms with E-state index in [4.69, 9.17) is 5.73 Å². The van der Waals surface area contributed by atoms with Gasteiger partial charge in [-0.2, -0.15) is 0 Å². The van der Waals surface area contributed by atoms with E-state index < -0.39 is 15.9 Å². The van der Waals surface area contributed by atoms with Gasteiger partial charge in [0.15, 0.2) is 0 Å². The highest BCUT2D eigenvalue weighted by Crippen LogP contribution is 2.29. The van der Waals surface area contributed by atoms with Crippen LogP contribution in [0.3, 0.4) is 0 Å². The quantitative estimate of drug-likeness (QED) is 0.697. The lowest BCUT2D eigenvalue weighted by Crippen LogP contribution is -2.22. The lowest BCUT2D eigenvalue weighted by Gasteiger charge is -2.12. The molecule has 1 heterocycles. The minimum absolute atomic E-state index is 0.0633. The molecule has 0 aliphatic rings. The third-order valence-electron chi connectivity index (χ3n) is 4.11. The Hall–Kier alpha value is -2.62. The number of fused-ring (bicyclic) bond motifs is 1. The first-order chi connectivity index (χ1) is 12.8. The van der Waals surface area contributed by atoms with Gasteiger partial charge in [-0.1, -0.05) is 29.5 Å². The van der Waals surface area contributed by atoms with Gasteiger partial charge in [0.1, 0.15) is 11.3 Å². The number of hydrogen-bond donors (Lipinski definition) is 1. The summed E-state index contributed by atoms with van der Waals surface area (Å²) in [4.78, 5) is 0.186. The topological polar surface area (TPSA) is 94.1 Å². The molecule has 0 saturated heterocycles. The molecule has 0 radical (unpaired) electrons. The molecular formula is C18H20FN5O2S. The van der Waals surface area contributed by atoms with E-state index >= 15 is 0 Å². The average Bonchev–Trinajstić information content (AvgIpc) is 3.05. The van der Waals surface area contributed by atoms with Gasteiger partial charge in [0, 0.05) is 26.2 Å². The molecule has 3 aromatic rings. The highest BCUT2D eigenvalue weighted by atomic mass is 32.2. The molecule has 0 unspecified atom stereocenters. The van der Waals surface area contributed by atoms with Gasteiger partial charge in [-0.05, 0) is 29.8 Å². The number of halogens is 1. The summed E-state index contributed by atoms with van der Waals surface area (Å²) in [6, 6.07) is 12.0. The van der Waals surface area contributed by atoms with Crippen LogP contribution in [0.15, 0.2) is 59.3 Å². The van der Waals surface area contributed by atoms with E-state index in [-0.39, 0.29) is 18.0 Å². The van der Waals surface area contributed by atoms with E-state index in [0.717, 1.165) is 9.87 Å². The van der Waals surface area contributed by atoms with Crippen LogP contribution >= 0.6 is 0 Å². The van der Waals surface area contributed by atoms with Gasteiger partial charge in [-0.25, -0.2) is 21.8 Å². The molecule has 0 atom stereocenters. The van der Waals surface area contributed by atoms with Crippen molar-refractivity contribution < 1.29 is 12.8 Å². The summed E-state index contributed by atoms with van der Waals surface area (Å²) in [7, 11) is -0.587. The van der Waals surface area contributed by atoms with Gasteiger partial charge >= 0.3 is 0 Å². The van der Waals surface area contributed by atoms with Crippen LogP contribution in [0, 0.1) is 0 Å². The van der Waals surface area contributed by atoms with Gasteiger partial charge in [-0.3, -0.25) is 0 Å². The molecule has 142 valence electrons. The molecule has 0 aliphatic heterocycles. The van der Waals surface area contributed by atoms with Crippen LogP contribution in [-0.2, 0) is 16.6 Å². The average molecular weight is 389 g/mol.